The minimum absolute atomic E-state index is 0.0979. The van der Waals surface area contributed by atoms with Gasteiger partial charge < -0.3 is 9.84 Å². The van der Waals surface area contributed by atoms with E-state index in [1.807, 2.05) is 24.3 Å². The summed E-state index contributed by atoms with van der Waals surface area (Å²) in [5, 5.41) is 8.71. The lowest BCUT2D eigenvalue weighted by molar-refractivity contribution is -0.136. The Hall–Kier alpha value is -1.88. The van der Waals surface area contributed by atoms with Gasteiger partial charge in [-0.1, -0.05) is 12.1 Å². The first-order valence-electron chi connectivity index (χ1n) is 5.49. The van der Waals surface area contributed by atoms with Crippen molar-refractivity contribution in [1.82, 2.24) is 4.98 Å². The maximum atomic E-state index is 10.6. The van der Waals surface area contributed by atoms with Gasteiger partial charge in [0.05, 0.1) is 29.6 Å². The molecule has 0 saturated heterocycles. The molecule has 94 valence electrons. The molecule has 0 saturated carbocycles. The number of nitrogens with zero attached hydrogens (tertiary/aromatic N) is 1. The van der Waals surface area contributed by atoms with Crippen molar-refractivity contribution in [1.29, 1.82) is 0 Å². The standard InChI is InChI=1S/C13H13NO3S/c1-17-10-4-2-3-9(7-10)13-11(14-8-18-13)5-6-12(15)16/h2-4,7-8H,5-6H2,1H3,(H,15,16). The van der Waals surface area contributed by atoms with Crippen LogP contribution < -0.4 is 4.74 Å². The van der Waals surface area contributed by atoms with Gasteiger partial charge in [-0.2, -0.15) is 0 Å². The van der Waals surface area contributed by atoms with Crippen molar-refractivity contribution in [2.75, 3.05) is 7.11 Å². The molecule has 0 radical (unpaired) electrons. The minimum atomic E-state index is -0.806. The van der Waals surface area contributed by atoms with Crippen LogP contribution in [0.2, 0.25) is 0 Å². The third kappa shape index (κ3) is 2.87. The number of benzene rings is 1. The molecule has 0 aliphatic carbocycles. The number of ether oxygens (including phenoxy) is 1. The number of carboxylic acids is 1. The highest BCUT2D eigenvalue weighted by molar-refractivity contribution is 7.13. The summed E-state index contributed by atoms with van der Waals surface area (Å²) in [6.45, 7) is 0. The van der Waals surface area contributed by atoms with Crippen LogP contribution in [-0.2, 0) is 11.2 Å². The molecule has 2 aromatic rings. The smallest absolute Gasteiger partial charge is 0.303 e. The summed E-state index contributed by atoms with van der Waals surface area (Å²) in [6, 6.07) is 7.69. The van der Waals surface area contributed by atoms with Gasteiger partial charge in [0.25, 0.3) is 0 Å². The number of carboxylic acid groups (broad SMARTS) is 1. The SMILES string of the molecule is COc1cccc(-c2scnc2CCC(=O)O)c1. The lowest BCUT2D eigenvalue weighted by atomic mass is 10.1. The fourth-order valence-electron chi connectivity index (χ4n) is 1.67. The Kier molecular flexibility index (Phi) is 3.94. The van der Waals surface area contributed by atoms with E-state index in [9.17, 15) is 4.79 Å². The zero-order valence-electron chi connectivity index (χ0n) is 9.92. The first-order valence-corrected chi connectivity index (χ1v) is 6.37. The number of carbonyl (C=O) groups is 1. The molecular weight excluding hydrogens is 250 g/mol. The number of aliphatic carboxylic acids is 1. The van der Waals surface area contributed by atoms with E-state index < -0.39 is 5.97 Å². The fraction of sp³-hybridized carbons (Fsp3) is 0.231. The van der Waals surface area contributed by atoms with Crippen molar-refractivity contribution in [2.24, 2.45) is 0 Å². The van der Waals surface area contributed by atoms with Crippen LogP contribution in [0.25, 0.3) is 10.4 Å². The molecule has 1 N–H and O–H groups in total. The first kappa shape index (κ1) is 12.6. The third-order valence-corrected chi connectivity index (χ3v) is 3.47. The highest BCUT2D eigenvalue weighted by Crippen LogP contribution is 2.30. The Bertz CT molecular complexity index is 551. The van der Waals surface area contributed by atoms with Gasteiger partial charge in [0.2, 0.25) is 0 Å². The van der Waals surface area contributed by atoms with Crippen molar-refractivity contribution in [3.8, 4) is 16.2 Å². The van der Waals surface area contributed by atoms with E-state index in [1.165, 1.54) is 11.3 Å². The summed E-state index contributed by atoms with van der Waals surface area (Å²) in [5.74, 6) is -0.0234. The zero-order chi connectivity index (χ0) is 13.0. The molecule has 18 heavy (non-hydrogen) atoms. The summed E-state index contributed by atoms with van der Waals surface area (Å²) in [7, 11) is 1.62. The molecular formula is C13H13NO3S. The van der Waals surface area contributed by atoms with Crippen LogP contribution in [0.3, 0.4) is 0 Å². The topological polar surface area (TPSA) is 59.4 Å². The molecule has 0 aliphatic heterocycles. The van der Waals surface area contributed by atoms with Crippen molar-refractivity contribution >= 4 is 17.3 Å². The first-order chi connectivity index (χ1) is 8.70. The largest absolute Gasteiger partial charge is 0.497 e. The number of hydrogen-bond acceptors (Lipinski definition) is 4. The van der Waals surface area contributed by atoms with Gasteiger partial charge in [0.1, 0.15) is 5.75 Å². The van der Waals surface area contributed by atoms with Crippen molar-refractivity contribution < 1.29 is 14.6 Å². The Morgan fingerprint density at radius 3 is 3.06 bits per heavy atom. The van der Waals surface area contributed by atoms with Gasteiger partial charge in [0, 0.05) is 6.42 Å². The van der Waals surface area contributed by atoms with Crippen LogP contribution in [-0.4, -0.2) is 23.2 Å². The zero-order valence-corrected chi connectivity index (χ0v) is 10.7. The van der Waals surface area contributed by atoms with Crippen LogP contribution in [0, 0.1) is 0 Å². The maximum Gasteiger partial charge on any atom is 0.303 e. The number of thiazole rings is 1. The molecule has 1 aromatic heterocycles. The Morgan fingerprint density at radius 1 is 1.50 bits per heavy atom. The lowest BCUT2D eigenvalue weighted by Gasteiger charge is -2.04. The fourth-order valence-corrected chi connectivity index (χ4v) is 2.51. The second-order valence-electron chi connectivity index (χ2n) is 3.75. The highest BCUT2D eigenvalue weighted by atomic mass is 32.1. The van der Waals surface area contributed by atoms with Gasteiger partial charge in [-0.15, -0.1) is 11.3 Å². The number of methoxy groups -OCH3 is 1. The monoisotopic (exact) mass is 263 g/mol. The van der Waals surface area contributed by atoms with E-state index >= 15 is 0 Å². The molecule has 2 rings (SSSR count). The third-order valence-electron chi connectivity index (χ3n) is 2.55. The van der Waals surface area contributed by atoms with Crippen molar-refractivity contribution in [3.63, 3.8) is 0 Å². The van der Waals surface area contributed by atoms with Crippen LogP contribution in [0.4, 0.5) is 0 Å². The van der Waals surface area contributed by atoms with Crippen LogP contribution >= 0.6 is 11.3 Å². The van der Waals surface area contributed by atoms with Gasteiger partial charge in [-0.3, -0.25) is 4.79 Å². The molecule has 4 nitrogen and oxygen atoms in total. The van der Waals surface area contributed by atoms with Gasteiger partial charge in [0.15, 0.2) is 0 Å². The molecule has 1 heterocycles. The number of aryl methyl sites for hydroxylation is 1. The number of rotatable bonds is 5. The molecule has 0 amide bonds. The second kappa shape index (κ2) is 5.64. The van der Waals surface area contributed by atoms with Crippen molar-refractivity contribution in [3.05, 3.63) is 35.5 Å². The van der Waals surface area contributed by atoms with Gasteiger partial charge >= 0.3 is 5.97 Å². The predicted octanol–water partition coefficient (Wildman–Crippen LogP) is 2.84. The predicted molar refractivity (Wildman–Crippen MR) is 70.1 cm³/mol. The van der Waals surface area contributed by atoms with Crippen molar-refractivity contribution in [2.45, 2.75) is 12.8 Å². The molecule has 1 aromatic carbocycles. The van der Waals surface area contributed by atoms with Crippen LogP contribution in [0.1, 0.15) is 12.1 Å². The average Bonchev–Trinajstić information content (AvgIpc) is 2.84. The Balaban J connectivity index is 2.27. The molecule has 0 aliphatic rings. The summed E-state index contributed by atoms with van der Waals surface area (Å²) < 4.78 is 5.18. The van der Waals surface area contributed by atoms with Gasteiger partial charge in [-0.05, 0) is 17.7 Å². The second-order valence-corrected chi connectivity index (χ2v) is 4.61. The van der Waals surface area contributed by atoms with E-state index in [1.54, 1.807) is 12.6 Å². The molecule has 0 fully saturated rings. The lowest BCUT2D eigenvalue weighted by Crippen LogP contribution is -1.98. The van der Waals surface area contributed by atoms with Gasteiger partial charge in [-0.25, -0.2) is 4.98 Å². The molecule has 0 atom stereocenters. The van der Waals surface area contributed by atoms with Crippen LogP contribution in [0.15, 0.2) is 29.8 Å². The van der Waals surface area contributed by atoms with E-state index in [-0.39, 0.29) is 6.42 Å². The van der Waals surface area contributed by atoms with E-state index in [0.29, 0.717) is 6.42 Å². The molecule has 0 unspecified atom stereocenters. The molecule has 0 spiro atoms. The normalized spacial score (nSPS) is 10.3. The summed E-state index contributed by atoms with van der Waals surface area (Å²) in [4.78, 5) is 15.8. The summed E-state index contributed by atoms with van der Waals surface area (Å²) >= 11 is 1.51. The quantitative estimate of drug-likeness (QED) is 0.901. The van der Waals surface area contributed by atoms with Crippen LogP contribution in [0.5, 0.6) is 5.75 Å². The maximum absolute atomic E-state index is 10.6. The minimum Gasteiger partial charge on any atom is -0.497 e. The molecule has 5 heteroatoms. The van der Waals surface area contributed by atoms with E-state index in [2.05, 4.69) is 4.98 Å². The summed E-state index contributed by atoms with van der Waals surface area (Å²) in [6.07, 6.45) is 0.548. The Morgan fingerprint density at radius 2 is 2.33 bits per heavy atom. The van der Waals surface area contributed by atoms with E-state index in [4.69, 9.17) is 9.84 Å². The highest BCUT2D eigenvalue weighted by Gasteiger charge is 2.10. The number of hydrogen-bond donors (Lipinski definition) is 1. The number of aromatic nitrogens is 1. The molecule has 0 bridgehead atoms. The summed E-state index contributed by atoms with van der Waals surface area (Å²) in [5.41, 5.74) is 3.58. The van der Waals surface area contributed by atoms with E-state index in [0.717, 1.165) is 21.9 Å². The Labute approximate surface area is 109 Å². The average molecular weight is 263 g/mol.